The van der Waals surface area contributed by atoms with Crippen LogP contribution in [0.1, 0.15) is 41.2 Å². The highest BCUT2D eigenvalue weighted by Gasteiger charge is 2.31. The molecular weight excluding hydrogens is 358 g/mol. The summed E-state index contributed by atoms with van der Waals surface area (Å²) < 4.78 is 11.5. The number of hydrogen-bond acceptors (Lipinski definition) is 4. The van der Waals surface area contributed by atoms with Crippen LogP contribution < -0.4 is 20.5 Å². The minimum Gasteiger partial charge on any atom is -0.490 e. The lowest BCUT2D eigenvalue weighted by Crippen LogP contribution is -2.30. The molecule has 7 heteroatoms. The van der Waals surface area contributed by atoms with Crippen molar-refractivity contribution in [2.75, 3.05) is 25.1 Å². The number of nitrogens with zero attached hydrogens (tertiary/aromatic N) is 1. The van der Waals surface area contributed by atoms with Gasteiger partial charge in [-0.15, -0.1) is 0 Å². The summed E-state index contributed by atoms with van der Waals surface area (Å²) in [6.45, 7) is 2.00. The van der Waals surface area contributed by atoms with E-state index in [2.05, 4.69) is 5.32 Å². The molecule has 7 nitrogen and oxygen atoms in total. The maximum absolute atomic E-state index is 13.1. The average Bonchev–Trinajstić information content (AvgIpc) is 3.06. The van der Waals surface area contributed by atoms with E-state index in [1.807, 2.05) is 23.1 Å². The van der Waals surface area contributed by atoms with Gasteiger partial charge in [-0.25, -0.2) is 4.79 Å². The summed E-state index contributed by atoms with van der Waals surface area (Å²) in [6.07, 6.45) is 2.72. The van der Waals surface area contributed by atoms with Crippen molar-refractivity contribution in [3.63, 3.8) is 0 Å². The van der Waals surface area contributed by atoms with E-state index in [4.69, 9.17) is 15.2 Å². The molecule has 1 unspecified atom stereocenters. The van der Waals surface area contributed by atoms with Crippen molar-refractivity contribution in [3.8, 4) is 11.5 Å². The van der Waals surface area contributed by atoms with Crippen LogP contribution >= 0.6 is 0 Å². The highest BCUT2D eigenvalue weighted by molar-refractivity contribution is 5.95. The number of fused-ring (bicyclic) bond motifs is 1. The van der Waals surface area contributed by atoms with Gasteiger partial charge in [-0.1, -0.05) is 6.07 Å². The fourth-order valence-corrected chi connectivity index (χ4v) is 3.75. The number of rotatable bonds is 3. The molecule has 0 radical (unpaired) electrons. The van der Waals surface area contributed by atoms with Gasteiger partial charge in [-0.05, 0) is 54.8 Å². The topological polar surface area (TPSA) is 93.9 Å². The predicted molar refractivity (Wildman–Crippen MR) is 105 cm³/mol. The molecule has 0 spiro atoms. The van der Waals surface area contributed by atoms with Gasteiger partial charge in [-0.3, -0.25) is 4.79 Å². The number of urea groups is 1. The summed E-state index contributed by atoms with van der Waals surface area (Å²) in [4.78, 5) is 25.9. The first kappa shape index (κ1) is 18.2. The smallest absolute Gasteiger partial charge is 0.316 e. The molecule has 1 atom stereocenters. The number of anilines is 1. The number of hydrogen-bond donors (Lipinski definition) is 2. The van der Waals surface area contributed by atoms with Crippen molar-refractivity contribution in [1.29, 1.82) is 0 Å². The zero-order chi connectivity index (χ0) is 19.5. The second kappa shape index (κ2) is 7.80. The van der Waals surface area contributed by atoms with E-state index >= 15 is 0 Å². The molecule has 0 bridgehead atoms. The minimum absolute atomic E-state index is 0.00748. The normalized spacial score (nSPS) is 18.4. The Labute approximate surface area is 163 Å². The van der Waals surface area contributed by atoms with Crippen molar-refractivity contribution in [2.45, 2.75) is 25.3 Å². The fraction of sp³-hybridized carbons (Fsp3) is 0.333. The number of ether oxygens (including phenoxy) is 2. The van der Waals surface area contributed by atoms with E-state index in [1.165, 1.54) is 0 Å². The van der Waals surface area contributed by atoms with E-state index in [9.17, 15) is 9.59 Å². The number of carbonyl (C=O) groups excluding carboxylic acids is 2. The summed E-state index contributed by atoms with van der Waals surface area (Å²) in [5.74, 6) is 1.48. The van der Waals surface area contributed by atoms with Gasteiger partial charge in [0.15, 0.2) is 11.5 Å². The van der Waals surface area contributed by atoms with Crippen LogP contribution in [0.5, 0.6) is 11.5 Å². The molecule has 0 aromatic heterocycles. The number of nitrogens with one attached hydrogen (secondary N) is 1. The summed E-state index contributed by atoms with van der Waals surface area (Å²) in [6, 6.07) is 12.1. The lowest BCUT2D eigenvalue weighted by Gasteiger charge is -2.26. The lowest BCUT2D eigenvalue weighted by atomic mass is 10.0. The number of likely N-dealkylation sites (tertiary alicyclic amines) is 1. The molecule has 2 aliphatic heterocycles. The van der Waals surface area contributed by atoms with Crippen LogP contribution in [-0.2, 0) is 0 Å². The standard InChI is InChI=1S/C21H23N3O4/c22-21(26)23-16-7-4-14(5-8-16)20(25)24-10-1-3-17(24)15-6-9-18-19(13-15)28-12-2-11-27-18/h4-9,13,17H,1-3,10-12H2,(H3,22,23,26). The molecule has 1 saturated heterocycles. The molecule has 3 amide bonds. The summed E-state index contributed by atoms with van der Waals surface area (Å²) in [5, 5.41) is 2.50. The predicted octanol–water partition coefficient (Wildman–Crippen LogP) is 3.32. The second-order valence-corrected chi connectivity index (χ2v) is 6.98. The van der Waals surface area contributed by atoms with Gasteiger partial charge in [0.05, 0.1) is 19.3 Å². The molecule has 0 aliphatic carbocycles. The number of amides is 3. The van der Waals surface area contributed by atoms with Crippen LogP contribution in [0.2, 0.25) is 0 Å². The monoisotopic (exact) mass is 381 g/mol. The van der Waals surface area contributed by atoms with Crippen molar-refractivity contribution in [2.24, 2.45) is 5.73 Å². The van der Waals surface area contributed by atoms with Gasteiger partial charge in [-0.2, -0.15) is 0 Å². The molecule has 1 fully saturated rings. The molecular formula is C21H23N3O4. The van der Waals surface area contributed by atoms with Crippen LogP contribution in [-0.4, -0.2) is 36.6 Å². The Hall–Kier alpha value is -3.22. The molecule has 2 aliphatic rings. The Bertz CT molecular complexity index is 882. The number of nitrogens with two attached hydrogens (primary N) is 1. The van der Waals surface area contributed by atoms with E-state index in [0.29, 0.717) is 31.0 Å². The lowest BCUT2D eigenvalue weighted by molar-refractivity contribution is 0.0735. The van der Waals surface area contributed by atoms with E-state index in [0.717, 1.165) is 36.3 Å². The third-order valence-corrected chi connectivity index (χ3v) is 5.07. The van der Waals surface area contributed by atoms with Gasteiger partial charge < -0.3 is 25.4 Å². The SMILES string of the molecule is NC(=O)Nc1ccc(C(=O)N2CCCC2c2ccc3c(c2)OCCCO3)cc1. The Morgan fingerprint density at radius 1 is 1.00 bits per heavy atom. The summed E-state index contributed by atoms with van der Waals surface area (Å²) >= 11 is 0. The van der Waals surface area contributed by atoms with Crippen molar-refractivity contribution >= 4 is 17.6 Å². The quantitative estimate of drug-likeness (QED) is 0.853. The Morgan fingerprint density at radius 2 is 1.75 bits per heavy atom. The number of carbonyl (C=O) groups is 2. The number of primary amides is 1. The number of benzene rings is 2. The zero-order valence-electron chi connectivity index (χ0n) is 15.5. The zero-order valence-corrected chi connectivity index (χ0v) is 15.5. The first-order valence-electron chi connectivity index (χ1n) is 9.49. The van der Waals surface area contributed by atoms with E-state index < -0.39 is 6.03 Å². The van der Waals surface area contributed by atoms with Gasteiger partial charge in [0.25, 0.3) is 5.91 Å². The minimum atomic E-state index is -0.631. The second-order valence-electron chi connectivity index (χ2n) is 6.98. The molecule has 28 heavy (non-hydrogen) atoms. The Kier molecular flexibility index (Phi) is 5.06. The Morgan fingerprint density at radius 3 is 2.50 bits per heavy atom. The maximum Gasteiger partial charge on any atom is 0.316 e. The highest BCUT2D eigenvalue weighted by Crippen LogP contribution is 2.38. The molecule has 2 aromatic rings. The molecule has 2 aromatic carbocycles. The first-order valence-corrected chi connectivity index (χ1v) is 9.49. The van der Waals surface area contributed by atoms with Gasteiger partial charge in [0.2, 0.25) is 0 Å². The van der Waals surface area contributed by atoms with Gasteiger partial charge in [0, 0.05) is 24.2 Å². The molecule has 0 saturated carbocycles. The molecule has 2 heterocycles. The summed E-state index contributed by atoms with van der Waals surface area (Å²) in [5.41, 5.74) is 7.32. The molecule has 3 N–H and O–H groups in total. The van der Waals surface area contributed by atoms with Crippen molar-refractivity contribution in [1.82, 2.24) is 4.90 Å². The highest BCUT2D eigenvalue weighted by atomic mass is 16.5. The summed E-state index contributed by atoms with van der Waals surface area (Å²) in [7, 11) is 0. The van der Waals surface area contributed by atoms with Gasteiger partial charge >= 0.3 is 6.03 Å². The van der Waals surface area contributed by atoms with E-state index in [-0.39, 0.29) is 11.9 Å². The van der Waals surface area contributed by atoms with E-state index in [1.54, 1.807) is 24.3 Å². The van der Waals surface area contributed by atoms with Crippen molar-refractivity contribution in [3.05, 3.63) is 53.6 Å². The maximum atomic E-state index is 13.1. The Balaban J connectivity index is 1.54. The largest absolute Gasteiger partial charge is 0.490 e. The van der Waals surface area contributed by atoms with Crippen LogP contribution in [0, 0.1) is 0 Å². The average molecular weight is 381 g/mol. The molecule has 146 valence electrons. The first-order chi connectivity index (χ1) is 13.6. The van der Waals surface area contributed by atoms with Crippen LogP contribution in [0.25, 0.3) is 0 Å². The fourth-order valence-electron chi connectivity index (χ4n) is 3.75. The van der Waals surface area contributed by atoms with Gasteiger partial charge in [0.1, 0.15) is 0 Å². The third kappa shape index (κ3) is 3.74. The molecule has 4 rings (SSSR count). The van der Waals surface area contributed by atoms with Crippen LogP contribution in [0.4, 0.5) is 10.5 Å². The van der Waals surface area contributed by atoms with Crippen LogP contribution in [0.3, 0.4) is 0 Å². The third-order valence-electron chi connectivity index (χ3n) is 5.07. The van der Waals surface area contributed by atoms with Crippen molar-refractivity contribution < 1.29 is 19.1 Å². The van der Waals surface area contributed by atoms with Crippen LogP contribution in [0.15, 0.2) is 42.5 Å².